The minimum Gasteiger partial charge on any atom is -0.376 e. The molecule has 0 N–H and O–H groups in total. The van der Waals surface area contributed by atoms with E-state index in [0.29, 0.717) is 13.0 Å². The Labute approximate surface area is 149 Å². The molecule has 2 saturated heterocycles. The first kappa shape index (κ1) is 18.0. The normalized spacial score (nSPS) is 21.5. The number of nitrogens with zero attached hydrogens (tertiary/aromatic N) is 3. The molecule has 2 amide bonds. The zero-order valence-corrected chi connectivity index (χ0v) is 15.1. The Morgan fingerprint density at radius 2 is 1.92 bits per heavy atom. The molecule has 2 atom stereocenters. The number of carbonyl (C=O) groups excluding carboxylic acids is 2. The van der Waals surface area contributed by atoms with Crippen LogP contribution in [0.1, 0.15) is 45.1 Å². The van der Waals surface area contributed by atoms with Gasteiger partial charge in [0.1, 0.15) is 0 Å². The van der Waals surface area contributed by atoms with E-state index in [0.717, 1.165) is 45.4 Å². The second kappa shape index (κ2) is 8.52. The van der Waals surface area contributed by atoms with Crippen LogP contribution in [0.15, 0.2) is 24.5 Å². The monoisotopic (exact) mass is 347 g/mol. The van der Waals surface area contributed by atoms with Crippen LogP contribution in [0, 0.1) is 0 Å². The summed E-state index contributed by atoms with van der Waals surface area (Å²) >= 11 is 0. The maximum atomic E-state index is 12.9. The number of hydrogen-bond donors (Lipinski definition) is 0. The summed E-state index contributed by atoms with van der Waals surface area (Å²) in [7, 11) is 0. The molecule has 138 valence electrons. The van der Waals surface area contributed by atoms with Gasteiger partial charge in [-0.05, 0) is 44.7 Å². The first-order valence-corrected chi connectivity index (χ1v) is 9.43. The molecule has 0 aromatic carbocycles. The summed E-state index contributed by atoms with van der Waals surface area (Å²) in [5.74, 6) is 0.0988. The lowest BCUT2D eigenvalue weighted by atomic mass is 10.1. The van der Waals surface area contributed by atoms with Gasteiger partial charge in [-0.1, -0.05) is 0 Å². The summed E-state index contributed by atoms with van der Waals surface area (Å²) in [6.45, 7) is 5.13. The van der Waals surface area contributed by atoms with Crippen LogP contribution in [0.4, 0.5) is 0 Å². The summed E-state index contributed by atoms with van der Waals surface area (Å²) in [4.78, 5) is 29.0. The summed E-state index contributed by atoms with van der Waals surface area (Å²) in [6, 6.07) is 4.00. The molecule has 1 aromatic rings. The van der Waals surface area contributed by atoms with E-state index >= 15 is 0 Å². The van der Waals surface area contributed by atoms with Gasteiger partial charge >= 0.3 is 0 Å². The molecule has 3 heterocycles. The van der Waals surface area contributed by atoms with Gasteiger partial charge in [0.05, 0.1) is 12.6 Å². The van der Waals surface area contributed by atoms with Gasteiger partial charge in [-0.25, -0.2) is 0 Å². The van der Waals surface area contributed by atoms with Crippen LogP contribution in [0.2, 0.25) is 0 Å². The first-order chi connectivity index (χ1) is 12.1. The second-order valence-electron chi connectivity index (χ2n) is 7.18. The topological polar surface area (TPSA) is 54.8 Å². The highest BCUT2D eigenvalue weighted by atomic mass is 16.5. The van der Waals surface area contributed by atoms with Crippen molar-refractivity contribution < 1.29 is 14.3 Å². The van der Waals surface area contributed by atoms with E-state index in [4.69, 9.17) is 4.74 Å². The van der Waals surface area contributed by atoms with Crippen molar-refractivity contribution in [3.8, 4) is 0 Å². The zero-order chi connectivity index (χ0) is 17.6. The number of likely N-dealkylation sites (tertiary alicyclic amines) is 1. The van der Waals surface area contributed by atoms with Crippen molar-refractivity contribution in [1.29, 1.82) is 0 Å². The summed E-state index contributed by atoms with van der Waals surface area (Å²) in [6.07, 6.45) is 8.54. The molecule has 0 saturated carbocycles. The summed E-state index contributed by atoms with van der Waals surface area (Å²) in [5, 5.41) is 0. The molecule has 6 heteroatoms. The number of carbonyl (C=O) groups is 2. The molecule has 0 aliphatic carbocycles. The van der Waals surface area contributed by atoms with Gasteiger partial charge in [0, 0.05) is 51.1 Å². The first-order valence-electron chi connectivity index (χ1n) is 9.43. The quantitative estimate of drug-likeness (QED) is 0.759. The number of rotatable bonds is 7. The SMILES string of the molecule is CC(CC(=O)N(CC(=O)N1CCCC1)CC1CCCO1)n1cccc1. The highest BCUT2D eigenvalue weighted by Crippen LogP contribution is 2.18. The number of aromatic nitrogens is 1. The van der Waals surface area contributed by atoms with Crippen molar-refractivity contribution in [2.45, 2.75) is 51.2 Å². The van der Waals surface area contributed by atoms with Crippen LogP contribution in [-0.2, 0) is 14.3 Å². The number of amides is 2. The highest BCUT2D eigenvalue weighted by molar-refractivity contribution is 5.85. The van der Waals surface area contributed by atoms with E-state index in [1.165, 1.54) is 0 Å². The Kier molecular flexibility index (Phi) is 6.13. The van der Waals surface area contributed by atoms with Crippen molar-refractivity contribution in [2.24, 2.45) is 0 Å². The highest BCUT2D eigenvalue weighted by Gasteiger charge is 2.27. The van der Waals surface area contributed by atoms with Crippen LogP contribution in [0.3, 0.4) is 0 Å². The molecule has 0 spiro atoms. The molecule has 2 aliphatic rings. The van der Waals surface area contributed by atoms with Crippen molar-refractivity contribution in [2.75, 3.05) is 32.8 Å². The minimum atomic E-state index is 0.0317. The van der Waals surface area contributed by atoms with Crippen molar-refractivity contribution in [3.05, 3.63) is 24.5 Å². The molecule has 2 fully saturated rings. The molecule has 2 aliphatic heterocycles. The fraction of sp³-hybridized carbons (Fsp3) is 0.684. The van der Waals surface area contributed by atoms with Gasteiger partial charge in [-0.2, -0.15) is 0 Å². The standard InChI is InChI=1S/C19H29N3O3/c1-16(20-8-2-3-9-20)13-18(23)22(14-17-7-6-12-25-17)15-19(24)21-10-4-5-11-21/h2-3,8-9,16-17H,4-7,10-15H2,1H3. The van der Waals surface area contributed by atoms with Crippen molar-refractivity contribution in [1.82, 2.24) is 14.4 Å². The molecule has 3 rings (SSSR count). The molecule has 1 aromatic heterocycles. The third-order valence-electron chi connectivity index (χ3n) is 5.19. The maximum Gasteiger partial charge on any atom is 0.242 e. The molecule has 6 nitrogen and oxygen atoms in total. The molecule has 0 radical (unpaired) electrons. The Hall–Kier alpha value is -1.82. The largest absolute Gasteiger partial charge is 0.376 e. The predicted molar refractivity (Wildman–Crippen MR) is 95.1 cm³/mol. The third kappa shape index (κ3) is 4.84. The Morgan fingerprint density at radius 3 is 2.56 bits per heavy atom. The average molecular weight is 347 g/mol. The van der Waals surface area contributed by atoms with Gasteiger partial charge < -0.3 is 19.1 Å². The van der Waals surface area contributed by atoms with Gasteiger partial charge in [0.15, 0.2) is 0 Å². The van der Waals surface area contributed by atoms with Crippen LogP contribution in [0.5, 0.6) is 0 Å². The predicted octanol–water partition coefficient (Wildman–Crippen LogP) is 2.07. The van der Waals surface area contributed by atoms with E-state index in [-0.39, 0.29) is 30.5 Å². The third-order valence-corrected chi connectivity index (χ3v) is 5.19. The van der Waals surface area contributed by atoms with Crippen LogP contribution < -0.4 is 0 Å². The molecular weight excluding hydrogens is 318 g/mol. The van der Waals surface area contributed by atoms with E-state index < -0.39 is 0 Å². The van der Waals surface area contributed by atoms with Crippen molar-refractivity contribution in [3.63, 3.8) is 0 Å². The summed E-state index contributed by atoms with van der Waals surface area (Å²) in [5.41, 5.74) is 0. The smallest absolute Gasteiger partial charge is 0.242 e. The van der Waals surface area contributed by atoms with E-state index in [1.807, 2.05) is 40.9 Å². The number of hydrogen-bond acceptors (Lipinski definition) is 3. The van der Waals surface area contributed by atoms with Crippen LogP contribution >= 0.6 is 0 Å². The van der Waals surface area contributed by atoms with Crippen molar-refractivity contribution >= 4 is 11.8 Å². The van der Waals surface area contributed by atoms with Crippen LogP contribution in [0.25, 0.3) is 0 Å². The zero-order valence-electron chi connectivity index (χ0n) is 15.1. The Balaban J connectivity index is 1.61. The molecular formula is C19H29N3O3. The van der Waals surface area contributed by atoms with Gasteiger partial charge in [0.2, 0.25) is 11.8 Å². The van der Waals surface area contributed by atoms with Gasteiger partial charge in [-0.3, -0.25) is 9.59 Å². The van der Waals surface area contributed by atoms with E-state index in [2.05, 4.69) is 0 Å². The van der Waals surface area contributed by atoms with Gasteiger partial charge in [0.25, 0.3) is 0 Å². The Bertz CT molecular complexity index is 560. The molecule has 2 unspecified atom stereocenters. The lowest BCUT2D eigenvalue weighted by Crippen LogP contribution is -2.45. The summed E-state index contributed by atoms with van der Waals surface area (Å²) < 4.78 is 7.73. The average Bonchev–Trinajstić information content (AvgIpc) is 3.35. The number of ether oxygens (including phenoxy) is 1. The minimum absolute atomic E-state index is 0.0317. The fourth-order valence-electron chi connectivity index (χ4n) is 3.65. The molecule has 25 heavy (non-hydrogen) atoms. The Morgan fingerprint density at radius 1 is 1.20 bits per heavy atom. The fourth-order valence-corrected chi connectivity index (χ4v) is 3.65. The van der Waals surface area contributed by atoms with Gasteiger partial charge in [-0.15, -0.1) is 0 Å². The maximum absolute atomic E-state index is 12.9. The molecule has 0 bridgehead atoms. The van der Waals surface area contributed by atoms with Crippen LogP contribution in [-0.4, -0.2) is 65.1 Å². The second-order valence-corrected chi connectivity index (χ2v) is 7.18. The van der Waals surface area contributed by atoms with E-state index in [9.17, 15) is 9.59 Å². The lowest BCUT2D eigenvalue weighted by Gasteiger charge is -2.28. The lowest BCUT2D eigenvalue weighted by molar-refractivity contribution is -0.141. The van der Waals surface area contributed by atoms with E-state index in [1.54, 1.807) is 4.90 Å².